The number of halogens is 1. The zero-order valence-electron chi connectivity index (χ0n) is 7.32. The molecular formula is C8H6BrN3O2. The Morgan fingerprint density at radius 2 is 2.43 bits per heavy atom. The van der Waals surface area contributed by atoms with Gasteiger partial charge in [0.1, 0.15) is 6.20 Å². The van der Waals surface area contributed by atoms with E-state index in [1.807, 2.05) is 6.07 Å². The minimum Gasteiger partial charge on any atom is -0.258 e. The van der Waals surface area contributed by atoms with Gasteiger partial charge in [-0.3, -0.25) is 15.1 Å². The van der Waals surface area contributed by atoms with Crippen LogP contribution in [0.3, 0.4) is 0 Å². The van der Waals surface area contributed by atoms with Crippen LogP contribution >= 0.6 is 15.9 Å². The molecule has 1 heterocycles. The minimum atomic E-state index is -0.497. The molecule has 0 aliphatic carbocycles. The summed E-state index contributed by atoms with van der Waals surface area (Å²) in [6.07, 6.45) is 1.31. The van der Waals surface area contributed by atoms with Crippen molar-refractivity contribution in [2.24, 2.45) is 0 Å². The number of aromatic nitrogens is 1. The Labute approximate surface area is 88.7 Å². The molecule has 0 aliphatic heterocycles. The van der Waals surface area contributed by atoms with E-state index >= 15 is 0 Å². The van der Waals surface area contributed by atoms with E-state index in [-0.39, 0.29) is 12.1 Å². The largest absolute Gasteiger partial charge is 0.291 e. The molecular weight excluding hydrogens is 250 g/mol. The van der Waals surface area contributed by atoms with Crippen LogP contribution in [-0.4, -0.2) is 9.91 Å². The molecule has 72 valence electrons. The zero-order chi connectivity index (χ0) is 10.7. The Hall–Kier alpha value is -1.48. The van der Waals surface area contributed by atoms with Crippen molar-refractivity contribution < 1.29 is 4.92 Å². The molecule has 14 heavy (non-hydrogen) atoms. The molecule has 0 spiro atoms. The Kier molecular flexibility index (Phi) is 3.14. The van der Waals surface area contributed by atoms with Crippen LogP contribution in [0.2, 0.25) is 0 Å². The molecule has 0 atom stereocenters. The molecule has 1 aromatic rings. The minimum absolute atomic E-state index is 0.0430. The summed E-state index contributed by atoms with van der Waals surface area (Å²) in [4.78, 5) is 13.9. The average molecular weight is 256 g/mol. The van der Waals surface area contributed by atoms with Crippen molar-refractivity contribution in [3.8, 4) is 6.07 Å². The monoisotopic (exact) mass is 255 g/mol. The van der Waals surface area contributed by atoms with Crippen molar-refractivity contribution in [1.82, 2.24) is 4.98 Å². The lowest BCUT2D eigenvalue weighted by atomic mass is 10.2. The molecule has 0 N–H and O–H groups in total. The highest BCUT2D eigenvalue weighted by molar-refractivity contribution is 9.10. The third kappa shape index (κ3) is 1.88. The summed E-state index contributed by atoms with van der Waals surface area (Å²) >= 11 is 3.18. The Bertz CT molecular complexity index is 425. The van der Waals surface area contributed by atoms with Crippen LogP contribution in [0.5, 0.6) is 0 Å². The van der Waals surface area contributed by atoms with Gasteiger partial charge in [0.05, 0.1) is 23.1 Å². The summed E-state index contributed by atoms with van der Waals surface area (Å²) in [5.41, 5.74) is 0.976. The lowest BCUT2D eigenvalue weighted by molar-refractivity contribution is -0.385. The first-order chi connectivity index (χ1) is 6.57. The lowest BCUT2D eigenvalue weighted by Crippen LogP contribution is -1.98. The van der Waals surface area contributed by atoms with Gasteiger partial charge >= 0.3 is 0 Å². The lowest BCUT2D eigenvalue weighted by Gasteiger charge is -2.02. The fraction of sp³-hybridized carbons (Fsp3) is 0.250. The van der Waals surface area contributed by atoms with Crippen molar-refractivity contribution in [1.29, 1.82) is 5.26 Å². The molecule has 1 rings (SSSR count). The highest BCUT2D eigenvalue weighted by Crippen LogP contribution is 2.27. The number of nitro groups is 1. The van der Waals surface area contributed by atoms with E-state index in [2.05, 4.69) is 20.9 Å². The van der Waals surface area contributed by atoms with Crippen LogP contribution < -0.4 is 0 Å². The number of nitriles is 1. The maximum Gasteiger partial charge on any atom is 0.291 e. The van der Waals surface area contributed by atoms with E-state index in [0.717, 1.165) is 0 Å². The van der Waals surface area contributed by atoms with E-state index in [1.165, 1.54) is 6.20 Å². The molecule has 0 radical (unpaired) electrons. The maximum absolute atomic E-state index is 10.5. The van der Waals surface area contributed by atoms with Gasteiger partial charge in [-0.25, -0.2) is 0 Å². The number of rotatable bonds is 2. The van der Waals surface area contributed by atoms with Gasteiger partial charge in [-0.05, 0) is 22.9 Å². The average Bonchev–Trinajstić information content (AvgIpc) is 2.13. The summed E-state index contributed by atoms with van der Waals surface area (Å²) < 4.78 is 0.535. The van der Waals surface area contributed by atoms with Crippen LogP contribution in [0.15, 0.2) is 10.7 Å². The van der Waals surface area contributed by atoms with Crippen molar-refractivity contribution in [2.75, 3.05) is 0 Å². The fourth-order valence-corrected chi connectivity index (χ4v) is 1.45. The zero-order valence-corrected chi connectivity index (χ0v) is 8.91. The van der Waals surface area contributed by atoms with Crippen molar-refractivity contribution >= 4 is 21.6 Å². The Balaban J connectivity index is 3.27. The molecule has 1 aromatic heterocycles. The highest BCUT2D eigenvalue weighted by atomic mass is 79.9. The SMILES string of the molecule is Cc1c([N+](=O)[O-])cnc(CC#N)c1Br. The van der Waals surface area contributed by atoms with Crippen LogP contribution in [0.4, 0.5) is 5.69 Å². The second kappa shape index (κ2) is 4.15. The van der Waals surface area contributed by atoms with Gasteiger partial charge in [0, 0.05) is 10.0 Å². The van der Waals surface area contributed by atoms with E-state index in [9.17, 15) is 10.1 Å². The normalized spacial score (nSPS) is 9.50. The smallest absolute Gasteiger partial charge is 0.258 e. The van der Waals surface area contributed by atoms with Gasteiger partial charge in [0.25, 0.3) is 5.69 Å². The molecule has 0 saturated carbocycles. The summed E-state index contributed by atoms with van der Waals surface area (Å²) in [7, 11) is 0. The molecule has 0 aliphatic rings. The van der Waals surface area contributed by atoms with Crippen molar-refractivity contribution in [2.45, 2.75) is 13.3 Å². The predicted octanol–water partition coefficient (Wildman–Crippen LogP) is 2.13. The maximum atomic E-state index is 10.5. The topological polar surface area (TPSA) is 79.8 Å². The first kappa shape index (κ1) is 10.6. The van der Waals surface area contributed by atoms with E-state index in [1.54, 1.807) is 6.92 Å². The second-order valence-corrected chi connectivity index (χ2v) is 3.41. The van der Waals surface area contributed by atoms with Gasteiger partial charge in [-0.15, -0.1) is 0 Å². The van der Waals surface area contributed by atoms with Crippen LogP contribution in [0.1, 0.15) is 11.3 Å². The quantitative estimate of drug-likeness (QED) is 0.599. The van der Waals surface area contributed by atoms with Gasteiger partial charge in [-0.2, -0.15) is 5.26 Å². The van der Waals surface area contributed by atoms with Gasteiger partial charge < -0.3 is 0 Å². The predicted molar refractivity (Wildman–Crippen MR) is 52.6 cm³/mol. The van der Waals surface area contributed by atoms with Gasteiger partial charge in [-0.1, -0.05) is 0 Å². The standard InChI is InChI=1S/C8H6BrN3O2/c1-5-7(12(13)14)4-11-6(2-3-10)8(5)9/h4H,2H2,1H3. The Morgan fingerprint density at radius 1 is 1.79 bits per heavy atom. The first-order valence-electron chi connectivity index (χ1n) is 3.73. The molecule has 0 aromatic carbocycles. The summed E-state index contributed by atoms with van der Waals surface area (Å²) in [5, 5.41) is 19.0. The molecule has 6 heteroatoms. The third-order valence-electron chi connectivity index (χ3n) is 1.75. The van der Waals surface area contributed by atoms with Crippen LogP contribution in [-0.2, 0) is 6.42 Å². The van der Waals surface area contributed by atoms with E-state index in [0.29, 0.717) is 15.7 Å². The molecule has 0 bridgehead atoms. The third-order valence-corrected chi connectivity index (χ3v) is 2.81. The molecule has 5 nitrogen and oxygen atoms in total. The number of pyridine rings is 1. The molecule has 0 amide bonds. The highest BCUT2D eigenvalue weighted by Gasteiger charge is 2.16. The van der Waals surface area contributed by atoms with Crippen molar-refractivity contribution in [3.05, 3.63) is 32.0 Å². The van der Waals surface area contributed by atoms with Crippen molar-refractivity contribution in [3.63, 3.8) is 0 Å². The molecule has 0 saturated heterocycles. The van der Waals surface area contributed by atoms with E-state index in [4.69, 9.17) is 5.26 Å². The summed E-state index contributed by atoms with van der Waals surface area (Å²) in [5.74, 6) is 0. The summed E-state index contributed by atoms with van der Waals surface area (Å²) in [6, 6.07) is 1.94. The number of nitrogens with zero attached hydrogens (tertiary/aromatic N) is 3. The first-order valence-corrected chi connectivity index (χ1v) is 4.52. The number of hydrogen-bond donors (Lipinski definition) is 0. The molecule has 0 unspecified atom stereocenters. The van der Waals surface area contributed by atoms with Crippen LogP contribution in [0.25, 0.3) is 0 Å². The second-order valence-electron chi connectivity index (χ2n) is 2.62. The van der Waals surface area contributed by atoms with Crippen LogP contribution in [0, 0.1) is 28.4 Å². The molecule has 0 fully saturated rings. The van der Waals surface area contributed by atoms with Gasteiger partial charge in [0.15, 0.2) is 0 Å². The Morgan fingerprint density at radius 3 is 2.93 bits per heavy atom. The number of hydrogen-bond acceptors (Lipinski definition) is 4. The fourth-order valence-electron chi connectivity index (χ4n) is 1.00. The van der Waals surface area contributed by atoms with Gasteiger partial charge in [0.2, 0.25) is 0 Å². The summed E-state index contributed by atoms with van der Waals surface area (Å²) in [6.45, 7) is 1.62. The van der Waals surface area contributed by atoms with E-state index < -0.39 is 4.92 Å².